The third-order valence-corrected chi connectivity index (χ3v) is 5.48. The van der Waals surface area contributed by atoms with Crippen LogP contribution in [0.2, 0.25) is 0 Å². The van der Waals surface area contributed by atoms with Crippen molar-refractivity contribution in [3.05, 3.63) is 0 Å². The second-order valence-electron chi connectivity index (χ2n) is 7.93. The van der Waals surface area contributed by atoms with Crippen molar-refractivity contribution in [2.45, 2.75) is 107 Å². The maximum absolute atomic E-state index is 11.1. The van der Waals surface area contributed by atoms with E-state index in [1.807, 2.05) is 0 Å². The van der Waals surface area contributed by atoms with E-state index in [9.17, 15) is 45.6 Å². The molecule has 2 aliphatic rings. The number of carbonyl (C=O) groups excluding carboxylic acids is 1. The van der Waals surface area contributed by atoms with Gasteiger partial charge in [0.2, 0.25) is 0 Å². The van der Waals surface area contributed by atoms with Gasteiger partial charge in [0.25, 0.3) is 0 Å². The Morgan fingerprint density at radius 3 is 1.84 bits per heavy atom. The summed E-state index contributed by atoms with van der Waals surface area (Å²) >= 11 is 0. The van der Waals surface area contributed by atoms with Gasteiger partial charge in [0.1, 0.15) is 54.9 Å². The fourth-order valence-electron chi connectivity index (χ4n) is 3.41. The van der Waals surface area contributed by atoms with Crippen molar-refractivity contribution in [3.63, 3.8) is 0 Å². The minimum atomic E-state index is -1.89. The van der Waals surface area contributed by atoms with Gasteiger partial charge >= 0.3 is 0 Å². The van der Waals surface area contributed by atoms with Crippen LogP contribution in [0.5, 0.6) is 0 Å². The van der Waals surface area contributed by atoms with Gasteiger partial charge in [-0.25, -0.2) is 0 Å². The molecule has 2 fully saturated rings. The van der Waals surface area contributed by atoms with E-state index in [1.54, 1.807) is 0 Å². The summed E-state index contributed by atoms with van der Waals surface area (Å²) in [5.41, 5.74) is 0. The molecule has 0 spiro atoms. The molecule has 0 bridgehead atoms. The van der Waals surface area contributed by atoms with E-state index in [-0.39, 0.29) is 6.29 Å². The number of ether oxygens (including phenoxy) is 4. The highest BCUT2D eigenvalue weighted by Crippen LogP contribution is 2.30. The lowest BCUT2D eigenvalue weighted by atomic mass is 9.97. The van der Waals surface area contributed by atoms with Crippen LogP contribution in [0.15, 0.2) is 0 Å². The summed E-state index contributed by atoms with van der Waals surface area (Å²) in [7, 11) is 0. The summed E-state index contributed by atoms with van der Waals surface area (Å²) < 4.78 is 21.8. The third-order valence-electron chi connectivity index (χ3n) is 5.48. The normalized spacial score (nSPS) is 45.5. The molecule has 0 saturated carbocycles. The number of carbonyl (C=O) groups is 1. The second kappa shape index (κ2) is 10.9. The number of rotatable bonds is 8. The summed E-state index contributed by atoms with van der Waals surface area (Å²) in [5, 5.41) is 80.3. The van der Waals surface area contributed by atoms with Gasteiger partial charge in [0.15, 0.2) is 18.9 Å². The van der Waals surface area contributed by atoms with Crippen molar-refractivity contribution in [2.75, 3.05) is 0 Å². The minimum Gasteiger partial charge on any atom is -0.391 e. The molecule has 0 aromatic carbocycles. The number of hydrogen-bond acceptors (Lipinski definition) is 13. The van der Waals surface area contributed by atoms with Gasteiger partial charge in [0.05, 0.1) is 18.3 Å². The molecule has 14 atom stereocenters. The molecule has 31 heavy (non-hydrogen) atoms. The first kappa shape index (κ1) is 26.4. The Bertz CT molecular complexity index is 577. The molecule has 2 heterocycles. The van der Waals surface area contributed by atoms with Crippen LogP contribution in [-0.4, -0.2) is 133 Å². The van der Waals surface area contributed by atoms with E-state index < -0.39 is 85.8 Å². The molecule has 8 N–H and O–H groups in total. The fraction of sp³-hybridized carbons (Fsp3) is 0.944. The van der Waals surface area contributed by atoms with E-state index in [4.69, 9.17) is 18.9 Å². The Labute approximate surface area is 178 Å². The van der Waals surface area contributed by atoms with Crippen molar-refractivity contribution in [2.24, 2.45) is 0 Å². The monoisotopic (exact) mass is 456 g/mol. The SMILES string of the molecule is C[C@H](O)[C@H](O)[C@@H](O[C@@H]1O[C@@H](C)[C@H](O)[C@@H](O)[C@H]1O[C@@H]1O[C@@H](C)[C@H](O)[C@@H](O)[C@H]1O)[C@@H](O)C=O. The Kier molecular flexibility index (Phi) is 9.27. The van der Waals surface area contributed by atoms with Gasteiger partial charge in [-0.15, -0.1) is 0 Å². The van der Waals surface area contributed by atoms with Crippen LogP contribution in [0.4, 0.5) is 0 Å². The van der Waals surface area contributed by atoms with Crippen LogP contribution in [0.3, 0.4) is 0 Å². The smallest absolute Gasteiger partial charge is 0.187 e. The van der Waals surface area contributed by atoms with E-state index in [2.05, 4.69) is 0 Å². The largest absolute Gasteiger partial charge is 0.391 e. The fourth-order valence-corrected chi connectivity index (χ4v) is 3.41. The lowest BCUT2D eigenvalue weighted by Gasteiger charge is -2.46. The highest BCUT2D eigenvalue weighted by atomic mass is 16.8. The predicted octanol–water partition coefficient (Wildman–Crippen LogP) is -4.65. The van der Waals surface area contributed by atoms with Crippen LogP contribution < -0.4 is 0 Å². The van der Waals surface area contributed by atoms with Crippen molar-refractivity contribution < 1.29 is 64.6 Å². The molecule has 2 rings (SSSR count). The van der Waals surface area contributed by atoms with Gasteiger partial charge in [0, 0.05) is 0 Å². The van der Waals surface area contributed by atoms with Crippen LogP contribution in [0.25, 0.3) is 0 Å². The van der Waals surface area contributed by atoms with Gasteiger partial charge in [-0.05, 0) is 20.8 Å². The molecule has 0 amide bonds. The summed E-state index contributed by atoms with van der Waals surface area (Å²) in [5.74, 6) is 0. The third kappa shape index (κ3) is 5.76. The average Bonchev–Trinajstić information content (AvgIpc) is 2.73. The van der Waals surface area contributed by atoms with E-state index in [1.165, 1.54) is 20.8 Å². The predicted molar refractivity (Wildman–Crippen MR) is 98.2 cm³/mol. The Hall–Kier alpha value is -0.810. The average molecular weight is 456 g/mol. The summed E-state index contributed by atoms with van der Waals surface area (Å²) in [6, 6.07) is 0. The molecule has 13 nitrogen and oxygen atoms in total. The summed E-state index contributed by atoms with van der Waals surface area (Å²) in [4.78, 5) is 11.1. The van der Waals surface area contributed by atoms with Crippen molar-refractivity contribution in [3.8, 4) is 0 Å². The quantitative estimate of drug-likeness (QED) is 0.161. The number of hydrogen-bond donors (Lipinski definition) is 8. The van der Waals surface area contributed by atoms with E-state index in [0.717, 1.165) is 0 Å². The maximum atomic E-state index is 11.1. The zero-order valence-electron chi connectivity index (χ0n) is 17.3. The zero-order chi connectivity index (χ0) is 23.6. The van der Waals surface area contributed by atoms with E-state index >= 15 is 0 Å². The molecule has 13 heteroatoms. The van der Waals surface area contributed by atoms with Crippen LogP contribution in [0, 0.1) is 0 Å². The van der Waals surface area contributed by atoms with Crippen molar-refractivity contribution in [1.29, 1.82) is 0 Å². The minimum absolute atomic E-state index is 0.0666. The van der Waals surface area contributed by atoms with Crippen molar-refractivity contribution in [1.82, 2.24) is 0 Å². The van der Waals surface area contributed by atoms with Crippen LogP contribution in [0.1, 0.15) is 20.8 Å². The molecule has 182 valence electrons. The van der Waals surface area contributed by atoms with Crippen LogP contribution >= 0.6 is 0 Å². The molecule has 0 radical (unpaired) electrons. The highest BCUT2D eigenvalue weighted by molar-refractivity contribution is 5.56. The molecule has 2 saturated heterocycles. The van der Waals surface area contributed by atoms with Crippen LogP contribution in [-0.2, 0) is 23.7 Å². The van der Waals surface area contributed by atoms with E-state index in [0.29, 0.717) is 0 Å². The van der Waals surface area contributed by atoms with Gasteiger partial charge < -0.3 is 64.6 Å². The summed E-state index contributed by atoms with van der Waals surface area (Å²) in [6.45, 7) is 3.99. The molecular weight excluding hydrogens is 424 g/mol. The molecule has 0 aromatic rings. The first-order valence-electron chi connectivity index (χ1n) is 9.92. The van der Waals surface area contributed by atoms with Crippen molar-refractivity contribution >= 4 is 6.29 Å². The Balaban J connectivity index is 2.27. The zero-order valence-corrected chi connectivity index (χ0v) is 17.3. The Morgan fingerprint density at radius 2 is 1.32 bits per heavy atom. The number of aliphatic hydroxyl groups is 8. The highest BCUT2D eigenvalue weighted by Gasteiger charge is 2.50. The first-order chi connectivity index (χ1) is 14.4. The molecular formula is C18H32O13. The molecule has 0 aromatic heterocycles. The maximum Gasteiger partial charge on any atom is 0.187 e. The number of aliphatic hydroxyl groups excluding tert-OH is 8. The summed E-state index contributed by atoms with van der Waals surface area (Å²) in [6.07, 6.45) is -21.4. The van der Waals surface area contributed by atoms with Gasteiger partial charge in [-0.3, -0.25) is 0 Å². The molecule has 0 unspecified atom stereocenters. The lowest BCUT2D eigenvalue weighted by molar-refractivity contribution is -0.371. The standard InChI is InChI=1S/C18H32O13/c1-5(20)9(22)15(8(21)4-19)30-18-16(13(26)11(24)7(3)29-18)31-17-14(27)12(25)10(23)6(2)28-17/h4-18,20-27H,1-3H3/t5-,6-,7-,8-,9-,10-,11-,12+,13+,14+,15-,16+,17-,18-/m0/s1. The number of aldehydes is 1. The second-order valence-corrected chi connectivity index (χ2v) is 7.93. The first-order valence-corrected chi connectivity index (χ1v) is 9.92. The molecule has 2 aliphatic heterocycles. The lowest BCUT2D eigenvalue weighted by Crippen LogP contribution is -2.64. The topological polar surface area (TPSA) is 216 Å². The molecule has 0 aliphatic carbocycles. The Morgan fingerprint density at radius 1 is 0.806 bits per heavy atom. The van der Waals surface area contributed by atoms with Gasteiger partial charge in [-0.1, -0.05) is 0 Å². The van der Waals surface area contributed by atoms with Gasteiger partial charge in [-0.2, -0.15) is 0 Å².